The van der Waals surface area contributed by atoms with Gasteiger partial charge in [-0.2, -0.15) is 0 Å². The second-order valence-corrected chi connectivity index (χ2v) is 8.25. The van der Waals surface area contributed by atoms with Crippen molar-refractivity contribution in [1.82, 2.24) is 9.88 Å². The normalized spacial score (nSPS) is 11.2. The van der Waals surface area contributed by atoms with Crippen LogP contribution in [-0.4, -0.2) is 24.2 Å². The predicted octanol–water partition coefficient (Wildman–Crippen LogP) is 3.59. The smallest absolute Gasteiger partial charge is 0.123 e. The number of carbonyl (C=O) groups excluding carboxylic acids is 1. The van der Waals surface area contributed by atoms with E-state index in [4.69, 9.17) is 4.74 Å². The molecule has 7 heteroatoms. The predicted molar refractivity (Wildman–Crippen MR) is 118 cm³/mol. The van der Waals surface area contributed by atoms with E-state index in [0.29, 0.717) is 28.9 Å². The molecular weight excluding hydrogens is 415 g/mol. The Kier molecular flexibility index (Phi) is 6.34. The van der Waals surface area contributed by atoms with Crippen LogP contribution < -0.4 is 15.2 Å². The van der Waals surface area contributed by atoms with E-state index >= 15 is 0 Å². The third-order valence-electron chi connectivity index (χ3n) is 5.23. The van der Waals surface area contributed by atoms with E-state index in [0.717, 1.165) is 18.4 Å². The Morgan fingerprint density at radius 2 is 2.06 bits per heavy atom. The van der Waals surface area contributed by atoms with E-state index in [1.807, 2.05) is 23.6 Å². The van der Waals surface area contributed by atoms with Gasteiger partial charge in [-0.3, -0.25) is 0 Å². The van der Waals surface area contributed by atoms with Gasteiger partial charge < -0.3 is 24.5 Å². The number of thiophene rings is 1. The van der Waals surface area contributed by atoms with Crippen LogP contribution in [0.3, 0.4) is 0 Å². The fourth-order valence-corrected chi connectivity index (χ4v) is 4.51. The molecule has 0 spiro atoms. The molecule has 0 aliphatic carbocycles. The number of halogens is 1. The van der Waals surface area contributed by atoms with E-state index in [1.165, 1.54) is 17.0 Å². The van der Waals surface area contributed by atoms with Crippen LogP contribution in [0.5, 0.6) is 5.75 Å². The van der Waals surface area contributed by atoms with Gasteiger partial charge in [0.25, 0.3) is 0 Å². The lowest BCUT2D eigenvalue weighted by Gasteiger charge is -2.14. The zero-order valence-corrected chi connectivity index (χ0v) is 17.9. The minimum Gasteiger partial charge on any atom is -0.543 e. The fraction of sp³-hybridized carbons (Fsp3) is 0.208. The average molecular weight is 438 g/mol. The summed E-state index contributed by atoms with van der Waals surface area (Å²) in [4.78, 5) is 13.4. The highest BCUT2D eigenvalue weighted by Gasteiger charge is 2.19. The molecule has 0 saturated heterocycles. The maximum atomic E-state index is 13.7. The number of hydrogen-bond acceptors (Lipinski definition) is 5. The van der Waals surface area contributed by atoms with Gasteiger partial charge in [-0.05, 0) is 47.7 Å². The van der Waals surface area contributed by atoms with Gasteiger partial charge in [-0.15, -0.1) is 11.3 Å². The molecule has 0 fully saturated rings. The number of methoxy groups -OCH3 is 1. The van der Waals surface area contributed by atoms with Crippen LogP contribution >= 0.6 is 11.3 Å². The molecule has 31 heavy (non-hydrogen) atoms. The van der Waals surface area contributed by atoms with Crippen molar-refractivity contribution in [2.45, 2.75) is 19.5 Å². The Labute approximate surface area is 183 Å². The van der Waals surface area contributed by atoms with Crippen LogP contribution in [-0.2, 0) is 19.5 Å². The maximum Gasteiger partial charge on any atom is 0.123 e. The lowest BCUT2D eigenvalue weighted by molar-refractivity contribution is -0.255. The first kappa shape index (κ1) is 21.1. The number of aromatic carboxylic acids is 1. The first-order valence-electron chi connectivity index (χ1n) is 9.95. The van der Waals surface area contributed by atoms with Gasteiger partial charge in [0, 0.05) is 41.5 Å². The summed E-state index contributed by atoms with van der Waals surface area (Å²) in [5, 5.41) is 18.4. The van der Waals surface area contributed by atoms with Gasteiger partial charge in [0.2, 0.25) is 0 Å². The number of fused-ring (bicyclic) bond motifs is 1. The molecule has 0 saturated carbocycles. The number of ether oxygens (including phenoxy) is 1. The highest BCUT2D eigenvalue weighted by atomic mass is 32.1. The summed E-state index contributed by atoms with van der Waals surface area (Å²) in [7, 11) is 1.56. The summed E-state index contributed by atoms with van der Waals surface area (Å²) >= 11 is 1.70. The highest BCUT2D eigenvalue weighted by Crippen LogP contribution is 2.30. The van der Waals surface area contributed by atoms with Crippen LogP contribution in [0.2, 0.25) is 0 Å². The number of nitrogens with one attached hydrogen (secondary N) is 1. The monoisotopic (exact) mass is 437 g/mol. The molecule has 160 valence electrons. The minimum absolute atomic E-state index is 0.0936. The summed E-state index contributed by atoms with van der Waals surface area (Å²) in [5.41, 5.74) is 2.12. The fourth-order valence-electron chi connectivity index (χ4n) is 3.80. The zero-order chi connectivity index (χ0) is 21.8. The molecule has 1 N–H and O–H groups in total. The Morgan fingerprint density at radius 3 is 2.77 bits per heavy atom. The Hall–Kier alpha value is -3.16. The molecule has 0 unspecified atom stereocenters. The van der Waals surface area contributed by atoms with Crippen LogP contribution in [0.25, 0.3) is 10.9 Å². The molecule has 2 heterocycles. The number of rotatable bonds is 9. The quantitative estimate of drug-likeness (QED) is 0.407. The van der Waals surface area contributed by atoms with Crippen LogP contribution in [0.4, 0.5) is 4.39 Å². The number of carbonyl (C=O) groups is 1. The van der Waals surface area contributed by atoms with Crippen molar-refractivity contribution in [3.63, 3.8) is 0 Å². The molecule has 2 aromatic carbocycles. The standard InChI is InChI=1S/C24H23FN2O3S/c1-30-18-7-8-20-21(14-26-10-9-19-6-3-11-31-19)23(24(28)29)27(22(20)13-18)15-16-4-2-5-17(25)12-16/h2-8,11-13,26H,9-10,14-15H2,1H3,(H,28,29)/p-1. The molecule has 4 aromatic rings. The second-order valence-electron chi connectivity index (χ2n) is 7.22. The third kappa shape index (κ3) is 4.62. The Morgan fingerprint density at radius 1 is 1.19 bits per heavy atom. The SMILES string of the molecule is COc1ccc2c(CNCCc3cccs3)c(C(=O)[O-])n(Cc3cccc(F)c3)c2c1. The summed E-state index contributed by atoms with van der Waals surface area (Å²) in [6, 6.07) is 15.7. The molecule has 5 nitrogen and oxygen atoms in total. The molecule has 0 amide bonds. The molecule has 2 aromatic heterocycles. The van der Waals surface area contributed by atoms with Crippen molar-refractivity contribution in [2.75, 3.05) is 13.7 Å². The number of aromatic nitrogens is 1. The lowest BCUT2D eigenvalue weighted by atomic mass is 10.1. The number of nitrogens with zero attached hydrogens (tertiary/aromatic N) is 1. The van der Waals surface area contributed by atoms with E-state index in [2.05, 4.69) is 11.4 Å². The summed E-state index contributed by atoms with van der Waals surface area (Å²) < 4.78 is 20.7. The number of benzene rings is 2. The van der Waals surface area contributed by atoms with E-state index in [1.54, 1.807) is 41.2 Å². The topological polar surface area (TPSA) is 66.3 Å². The Balaban J connectivity index is 1.71. The zero-order valence-electron chi connectivity index (χ0n) is 17.1. The van der Waals surface area contributed by atoms with Gasteiger partial charge in [-0.25, -0.2) is 4.39 Å². The lowest BCUT2D eigenvalue weighted by Crippen LogP contribution is -2.28. The van der Waals surface area contributed by atoms with Gasteiger partial charge in [0.1, 0.15) is 11.6 Å². The van der Waals surface area contributed by atoms with E-state index in [-0.39, 0.29) is 18.1 Å². The molecule has 0 aliphatic heterocycles. The maximum absolute atomic E-state index is 13.7. The highest BCUT2D eigenvalue weighted by molar-refractivity contribution is 7.09. The third-order valence-corrected chi connectivity index (χ3v) is 6.17. The van der Waals surface area contributed by atoms with Crippen molar-refractivity contribution >= 4 is 28.2 Å². The summed E-state index contributed by atoms with van der Waals surface area (Å²) in [6.07, 6.45) is 0.869. The summed E-state index contributed by atoms with van der Waals surface area (Å²) in [6.45, 7) is 1.31. The van der Waals surface area contributed by atoms with Crippen LogP contribution in [0.15, 0.2) is 60.0 Å². The minimum atomic E-state index is -1.26. The largest absolute Gasteiger partial charge is 0.543 e. The molecule has 0 aliphatic rings. The van der Waals surface area contributed by atoms with Crippen LogP contribution in [0, 0.1) is 5.82 Å². The van der Waals surface area contributed by atoms with Crippen molar-refractivity contribution in [3.05, 3.63) is 87.5 Å². The molecule has 0 atom stereocenters. The van der Waals surface area contributed by atoms with Crippen molar-refractivity contribution in [3.8, 4) is 5.75 Å². The van der Waals surface area contributed by atoms with E-state index in [9.17, 15) is 14.3 Å². The second kappa shape index (κ2) is 9.32. The Bertz CT molecular complexity index is 1200. The van der Waals surface area contributed by atoms with Gasteiger partial charge >= 0.3 is 0 Å². The van der Waals surface area contributed by atoms with Crippen LogP contribution in [0.1, 0.15) is 26.5 Å². The number of hydrogen-bond donors (Lipinski definition) is 1. The van der Waals surface area contributed by atoms with Gasteiger partial charge in [0.15, 0.2) is 0 Å². The molecule has 0 bridgehead atoms. The number of carboxylic acids is 1. The van der Waals surface area contributed by atoms with Crippen molar-refractivity contribution in [1.29, 1.82) is 0 Å². The number of carboxylic acid groups (broad SMARTS) is 1. The molecule has 4 rings (SSSR count). The summed E-state index contributed by atoms with van der Waals surface area (Å²) in [5.74, 6) is -1.01. The van der Waals surface area contributed by atoms with E-state index < -0.39 is 5.97 Å². The molecular formula is C24H22FN2O3S-. The first-order valence-corrected chi connectivity index (χ1v) is 10.8. The van der Waals surface area contributed by atoms with Crippen molar-refractivity contribution < 1.29 is 19.0 Å². The average Bonchev–Trinajstić information content (AvgIpc) is 3.37. The first-order chi connectivity index (χ1) is 15.1. The van der Waals surface area contributed by atoms with Gasteiger partial charge in [-0.1, -0.05) is 18.2 Å². The molecule has 0 radical (unpaired) electrons. The van der Waals surface area contributed by atoms with Gasteiger partial charge in [0.05, 0.1) is 24.3 Å². The van der Waals surface area contributed by atoms with Crippen molar-refractivity contribution in [2.24, 2.45) is 0 Å².